The lowest BCUT2D eigenvalue weighted by Crippen LogP contribution is -2.37. The van der Waals surface area contributed by atoms with Crippen molar-refractivity contribution in [2.75, 3.05) is 17.2 Å². The number of likely N-dealkylation sites (N-methyl/N-ethyl adjacent to an activating group) is 1. The maximum Gasteiger partial charge on any atom is 0.294 e. The van der Waals surface area contributed by atoms with Crippen molar-refractivity contribution in [2.24, 2.45) is 0 Å². The minimum absolute atomic E-state index is 0.154. The first-order chi connectivity index (χ1) is 12.7. The predicted octanol–water partition coefficient (Wildman–Crippen LogP) is 4.18. The third-order valence-corrected chi connectivity index (χ3v) is 4.83. The van der Waals surface area contributed by atoms with Gasteiger partial charge in [-0.15, -0.1) is 11.3 Å². The van der Waals surface area contributed by atoms with Crippen LogP contribution in [0, 0.1) is 0 Å². The summed E-state index contributed by atoms with van der Waals surface area (Å²) in [6, 6.07) is 15.4. The monoisotopic (exact) mass is 363 g/mol. The Morgan fingerprint density at radius 3 is 2.73 bits per heavy atom. The van der Waals surface area contributed by atoms with E-state index in [1.54, 1.807) is 11.0 Å². The Morgan fingerprint density at radius 2 is 2.04 bits per heavy atom. The van der Waals surface area contributed by atoms with Gasteiger partial charge in [0.1, 0.15) is 0 Å². The van der Waals surface area contributed by atoms with Crippen molar-refractivity contribution < 1.29 is 9.53 Å². The Bertz CT molecular complexity index is 995. The molecule has 0 aliphatic carbocycles. The summed E-state index contributed by atoms with van der Waals surface area (Å²) < 4.78 is 5.90. The summed E-state index contributed by atoms with van der Waals surface area (Å²) in [6.07, 6.45) is 1.77. The molecule has 0 atom stereocenters. The summed E-state index contributed by atoms with van der Waals surface area (Å²) in [5.74, 6) is 0.815. The van der Waals surface area contributed by atoms with Gasteiger partial charge >= 0.3 is 0 Å². The fraction of sp³-hybridized carbons (Fsp3) is 0.100. The van der Waals surface area contributed by atoms with E-state index < -0.39 is 0 Å². The van der Waals surface area contributed by atoms with Gasteiger partial charge in [0.25, 0.3) is 5.91 Å². The molecule has 2 N–H and O–H groups in total. The lowest BCUT2D eigenvalue weighted by atomic mass is 10.1. The highest BCUT2D eigenvalue weighted by molar-refractivity contribution is 7.13. The molecule has 1 amide bonds. The summed E-state index contributed by atoms with van der Waals surface area (Å²) >= 11 is 1.39. The fourth-order valence-electron chi connectivity index (χ4n) is 2.90. The van der Waals surface area contributed by atoms with E-state index in [4.69, 9.17) is 10.5 Å². The molecule has 0 radical (unpaired) electrons. The van der Waals surface area contributed by atoms with Crippen molar-refractivity contribution in [1.29, 1.82) is 0 Å². The highest BCUT2D eigenvalue weighted by Gasteiger charge is 2.29. The van der Waals surface area contributed by atoms with Crippen LogP contribution in [0.1, 0.15) is 12.5 Å². The second-order valence-electron chi connectivity index (χ2n) is 5.82. The average molecular weight is 363 g/mol. The van der Waals surface area contributed by atoms with Gasteiger partial charge in [-0.05, 0) is 36.8 Å². The number of aromatic nitrogens is 1. The quantitative estimate of drug-likeness (QED) is 0.709. The van der Waals surface area contributed by atoms with Gasteiger partial charge in [0.2, 0.25) is 0 Å². The summed E-state index contributed by atoms with van der Waals surface area (Å²) in [4.78, 5) is 18.9. The highest BCUT2D eigenvalue weighted by Crippen LogP contribution is 2.39. The van der Waals surface area contributed by atoms with Crippen LogP contribution < -0.4 is 15.4 Å². The maximum atomic E-state index is 12.9. The van der Waals surface area contributed by atoms with Crippen LogP contribution in [0.15, 0.2) is 59.7 Å². The number of nitrogens with two attached hydrogens (primary N) is 1. The van der Waals surface area contributed by atoms with Crippen molar-refractivity contribution >= 4 is 34.1 Å². The second kappa shape index (κ2) is 6.65. The van der Waals surface area contributed by atoms with Crippen molar-refractivity contribution in [3.05, 3.63) is 65.2 Å². The number of rotatable bonds is 3. The standard InChI is InChI=1S/C20H17N3O2S/c1-2-23-16-11-14(15-12-26-20(21)22-15)8-9-17(16)25-18(19(23)24)10-13-6-4-3-5-7-13/h3-12H,2H2,1H3,(H2,21,22)/b18-10+. The van der Waals surface area contributed by atoms with E-state index >= 15 is 0 Å². The first-order valence-electron chi connectivity index (χ1n) is 8.27. The Morgan fingerprint density at radius 1 is 1.23 bits per heavy atom. The molecule has 4 rings (SSSR count). The number of hydrogen-bond donors (Lipinski definition) is 1. The van der Waals surface area contributed by atoms with Crippen molar-refractivity contribution in [1.82, 2.24) is 4.98 Å². The Labute approximate surface area is 155 Å². The van der Waals surface area contributed by atoms with E-state index in [9.17, 15) is 4.79 Å². The van der Waals surface area contributed by atoms with Crippen LogP contribution in [0.4, 0.5) is 10.8 Å². The van der Waals surface area contributed by atoms with Gasteiger partial charge in [-0.25, -0.2) is 4.98 Å². The zero-order valence-electron chi connectivity index (χ0n) is 14.2. The Kier molecular flexibility index (Phi) is 4.18. The number of nitrogens with zero attached hydrogens (tertiary/aromatic N) is 2. The number of thiazole rings is 1. The zero-order chi connectivity index (χ0) is 18.1. The molecule has 0 fully saturated rings. The molecule has 130 valence electrons. The van der Waals surface area contributed by atoms with Crippen LogP contribution in [0.25, 0.3) is 17.3 Å². The van der Waals surface area contributed by atoms with E-state index in [1.165, 1.54) is 11.3 Å². The van der Waals surface area contributed by atoms with Crippen molar-refractivity contribution in [3.8, 4) is 17.0 Å². The number of nitrogen functional groups attached to an aromatic ring is 1. The molecule has 1 aliphatic rings. The molecule has 2 aromatic carbocycles. The molecule has 26 heavy (non-hydrogen) atoms. The molecule has 0 bridgehead atoms. The molecule has 0 saturated heterocycles. The number of fused-ring (bicyclic) bond motifs is 1. The summed E-state index contributed by atoms with van der Waals surface area (Å²) in [7, 11) is 0. The summed E-state index contributed by atoms with van der Waals surface area (Å²) in [6.45, 7) is 2.49. The van der Waals surface area contributed by atoms with Gasteiger partial charge in [0, 0.05) is 17.5 Å². The lowest BCUT2D eigenvalue weighted by molar-refractivity contribution is -0.117. The molecular weight excluding hydrogens is 346 g/mol. The minimum atomic E-state index is -0.154. The zero-order valence-corrected chi connectivity index (χ0v) is 15.0. The normalized spacial score (nSPS) is 15.0. The highest BCUT2D eigenvalue weighted by atomic mass is 32.1. The largest absolute Gasteiger partial charge is 0.449 e. The van der Waals surface area contributed by atoms with E-state index in [0.29, 0.717) is 23.2 Å². The lowest BCUT2D eigenvalue weighted by Gasteiger charge is -2.30. The predicted molar refractivity (Wildman–Crippen MR) is 105 cm³/mol. The van der Waals surface area contributed by atoms with Crippen LogP contribution in [0.3, 0.4) is 0 Å². The van der Waals surface area contributed by atoms with Gasteiger partial charge in [-0.3, -0.25) is 4.79 Å². The molecule has 1 aliphatic heterocycles. The molecule has 5 nitrogen and oxygen atoms in total. The van der Waals surface area contributed by atoms with Gasteiger partial charge < -0.3 is 15.4 Å². The number of carbonyl (C=O) groups excluding carboxylic acids is 1. The number of carbonyl (C=O) groups is 1. The van der Waals surface area contributed by atoms with Crippen LogP contribution in [-0.4, -0.2) is 17.4 Å². The maximum absolute atomic E-state index is 12.9. The van der Waals surface area contributed by atoms with E-state index in [-0.39, 0.29) is 5.91 Å². The van der Waals surface area contributed by atoms with E-state index in [0.717, 1.165) is 22.5 Å². The molecule has 0 spiro atoms. The number of benzene rings is 2. The van der Waals surface area contributed by atoms with Crippen LogP contribution in [-0.2, 0) is 4.79 Å². The number of hydrogen-bond acceptors (Lipinski definition) is 5. The minimum Gasteiger partial charge on any atom is -0.449 e. The molecule has 2 heterocycles. The van der Waals surface area contributed by atoms with Crippen LogP contribution in [0.2, 0.25) is 0 Å². The second-order valence-corrected chi connectivity index (χ2v) is 6.71. The topological polar surface area (TPSA) is 68.5 Å². The average Bonchev–Trinajstić information content (AvgIpc) is 3.09. The Balaban J connectivity index is 1.75. The smallest absolute Gasteiger partial charge is 0.294 e. The molecule has 0 unspecified atom stereocenters. The molecular formula is C20H17N3O2S. The van der Waals surface area contributed by atoms with Crippen LogP contribution >= 0.6 is 11.3 Å². The van der Waals surface area contributed by atoms with E-state index in [1.807, 2.05) is 60.8 Å². The molecule has 6 heteroatoms. The molecule has 0 saturated carbocycles. The summed E-state index contributed by atoms with van der Waals surface area (Å²) in [5.41, 5.74) is 9.10. The van der Waals surface area contributed by atoms with Gasteiger partial charge in [0.05, 0.1) is 11.4 Å². The van der Waals surface area contributed by atoms with Crippen molar-refractivity contribution in [3.63, 3.8) is 0 Å². The van der Waals surface area contributed by atoms with Crippen LogP contribution in [0.5, 0.6) is 5.75 Å². The molecule has 1 aromatic heterocycles. The number of anilines is 2. The fourth-order valence-corrected chi connectivity index (χ4v) is 3.48. The van der Waals surface area contributed by atoms with Gasteiger partial charge in [-0.2, -0.15) is 0 Å². The number of amides is 1. The first kappa shape index (κ1) is 16.4. The Hall–Kier alpha value is -3.12. The van der Waals surface area contributed by atoms with Gasteiger partial charge in [0.15, 0.2) is 16.6 Å². The van der Waals surface area contributed by atoms with Crippen molar-refractivity contribution in [2.45, 2.75) is 6.92 Å². The van der Waals surface area contributed by atoms with E-state index in [2.05, 4.69) is 4.98 Å². The molecule has 3 aromatic rings. The first-order valence-corrected chi connectivity index (χ1v) is 9.15. The summed E-state index contributed by atoms with van der Waals surface area (Å²) in [5, 5.41) is 2.42. The third-order valence-electron chi connectivity index (χ3n) is 4.16. The number of ether oxygens (including phenoxy) is 1. The SMILES string of the molecule is CCN1C(=O)/C(=C\c2ccccc2)Oc2ccc(-c3csc(N)n3)cc21. The third kappa shape index (κ3) is 2.95. The van der Waals surface area contributed by atoms with Gasteiger partial charge in [-0.1, -0.05) is 30.3 Å².